The fourth-order valence-corrected chi connectivity index (χ4v) is 4.15. The molecule has 0 amide bonds. The fraction of sp³-hybridized carbons (Fsp3) is 0.444. The molecular weight excluding hydrogens is 244 g/mol. The van der Waals surface area contributed by atoms with Gasteiger partial charge in [0.2, 0.25) is 0 Å². The minimum Gasteiger partial charge on any atom is -0.244 e. The maximum atomic E-state index is 4.63. The van der Waals surface area contributed by atoms with Crippen LogP contribution in [-0.4, -0.2) is 9.97 Å². The van der Waals surface area contributed by atoms with Crippen LogP contribution in [0.2, 0.25) is 0 Å². The van der Waals surface area contributed by atoms with Gasteiger partial charge in [0.25, 0.3) is 0 Å². The van der Waals surface area contributed by atoms with Crippen molar-refractivity contribution in [2.45, 2.75) is 50.4 Å². The first-order valence-electron chi connectivity index (χ1n) is 7.78. The van der Waals surface area contributed by atoms with E-state index in [1.165, 1.54) is 67.3 Å². The molecule has 1 spiro atoms. The van der Waals surface area contributed by atoms with E-state index in [4.69, 9.17) is 0 Å². The maximum absolute atomic E-state index is 4.63. The molecule has 1 aromatic carbocycles. The quantitative estimate of drug-likeness (QED) is 0.709. The van der Waals surface area contributed by atoms with Crippen LogP contribution in [0, 0.1) is 0 Å². The maximum Gasteiger partial charge on any atom is 0.116 e. The van der Waals surface area contributed by atoms with Crippen molar-refractivity contribution in [1.82, 2.24) is 9.97 Å². The van der Waals surface area contributed by atoms with E-state index in [2.05, 4.69) is 40.4 Å². The lowest BCUT2D eigenvalue weighted by molar-refractivity contribution is 0.362. The zero-order valence-corrected chi connectivity index (χ0v) is 11.8. The molecule has 1 heterocycles. The van der Waals surface area contributed by atoms with Crippen molar-refractivity contribution in [2.75, 3.05) is 0 Å². The molecule has 0 atom stereocenters. The zero-order chi connectivity index (χ0) is 13.4. The molecule has 0 N–H and O–H groups in total. The van der Waals surface area contributed by atoms with E-state index in [9.17, 15) is 0 Å². The predicted molar refractivity (Wildman–Crippen MR) is 80.6 cm³/mol. The molecule has 2 aliphatic carbocycles. The summed E-state index contributed by atoms with van der Waals surface area (Å²) >= 11 is 0. The Balaban J connectivity index is 1.92. The number of nitrogens with zero attached hydrogens (tertiary/aromatic N) is 2. The van der Waals surface area contributed by atoms with Gasteiger partial charge in [0.05, 0.1) is 5.69 Å². The summed E-state index contributed by atoms with van der Waals surface area (Å²) in [5, 5.41) is 0. The summed E-state index contributed by atoms with van der Waals surface area (Å²) in [7, 11) is 0. The van der Waals surface area contributed by atoms with Crippen molar-refractivity contribution in [3.8, 4) is 11.3 Å². The molecule has 2 heteroatoms. The molecule has 2 nitrogen and oxygen atoms in total. The number of fused-ring (bicyclic) bond motifs is 4. The van der Waals surface area contributed by atoms with Crippen molar-refractivity contribution in [3.63, 3.8) is 0 Å². The molecular formula is C18H20N2. The standard InChI is InChI=1S/C18H20N2/c1-2-6-10-18(9-5-1)11-14-7-3-4-8-15(14)17-16(18)12-19-13-20-17/h3-4,7-8,12-13H,1-2,5-6,9-11H2. The fourth-order valence-electron chi connectivity index (χ4n) is 4.15. The molecule has 0 bridgehead atoms. The number of benzene rings is 1. The summed E-state index contributed by atoms with van der Waals surface area (Å²) in [6.07, 6.45) is 13.0. The van der Waals surface area contributed by atoms with Gasteiger partial charge in [-0.25, -0.2) is 9.97 Å². The summed E-state index contributed by atoms with van der Waals surface area (Å²) in [6, 6.07) is 8.78. The summed E-state index contributed by atoms with van der Waals surface area (Å²) in [5.41, 5.74) is 5.67. The van der Waals surface area contributed by atoms with Crippen molar-refractivity contribution >= 4 is 0 Å². The highest BCUT2D eigenvalue weighted by Gasteiger charge is 2.39. The van der Waals surface area contributed by atoms with Crippen LogP contribution in [-0.2, 0) is 11.8 Å². The molecule has 2 aliphatic rings. The minimum atomic E-state index is 0.293. The molecule has 0 saturated heterocycles. The first kappa shape index (κ1) is 12.1. The third-order valence-corrected chi connectivity index (χ3v) is 5.15. The van der Waals surface area contributed by atoms with Gasteiger partial charge in [0.15, 0.2) is 0 Å². The summed E-state index contributed by atoms with van der Waals surface area (Å²) in [4.78, 5) is 8.97. The van der Waals surface area contributed by atoms with Crippen molar-refractivity contribution < 1.29 is 0 Å². The van der Waals surface area contributed by atoms with Crippen LogP contribution in [0.3, 0.4) is 0 Å². The average Bonchev–Trinajstić information content (AvgIpc) is 2.74. The molecule has 1 saturated carbocycles. The summed E-state index contributed by atoms with van der Waals surface area (Å²) in [6.45, 7) is 0. The number of rotatable bonds is 0. The van der Waals surface area contributed by atoms with E-state index < -0.39 is 0 Å². The third-order valence-electron chi connectivity index (χ3n) is 5.15. The second-order valence-corrected chi connectivity index (χ2v) is 6.31. The van der Waals surface area contributed by atoms with E-state index in [0.717, 1.165) is 0 Å². The van der Waals surface area contributed by atoms with Crippen molar-refractivity contribution in [1.29, 1.82) is 0 Å². The Bertz CT molecular complexity index is 625. The van der Waals surface area contributed by atoms with E-state index in [0.29, 0.717) is 5.41 Å². The van der Waals surface area contributed by atoms with Crippen LogP contribution in [0.25, 0.3) is 11.3 Å². The lowest BCUT2D eigenvalue weighted by Gasteiger charge is -2.38. The van der Waals surface area contributed by atoms with Crippen LogP contribution in [0.5, 0.6) is 0 Å². The van der Waals surface area contributed by atoms with Crippen LogP contribution in [0.1, 0.15) is 49.7 Å². The second-order valence-electron chi connectivity index (χ2n) is 6.31. The number of hydrogen-bond acceptors (Lipinski definition) is 2. The van der Waals surface area contributed by atoms with Gasteiger partial charge in [0, 0.05) is 22.7 Å². The normalized spacial score (nSPS) is 20.0. The highest BCUT2D eigenvalue weighted by atomic mass is 14.8. The largest absolute Gasteiger partial charge is 0.244 e. The van der Waals surface area contributed by atoms with E-state index in [1.807, 2.05) is 0 Å². The van der Waals surface area contributed by atoms with Gasteiger partial charge in [-0.3, -0.25) is 0 Å². The van der Waals surface area contributed by atoms with Gasteiger partial charge in [-0.15, -0.1) is 0 Å². The van der Waals surface area contributed by atoms with Gasteiger partial charge in [0.1, 0.15) is 6.33 Å². The topological polar surface area (TPSA) is 25.8 Å². The van der Waals surface area contributed by atoms with Crippen molar-refractivity contribution in [3.05, 3.63) is 47.9 Å². The van der Waals surface area contributed by atoms with E-state index >= 15 is 0 Å². The van der Waals surface area contributed by atoms with E-state index in [1.54, 1.807) is 6.33 Å². The predicted octanol–water partition coefficient (Wildman–Crippen LogP) is 4.29. The van der Waals surface area contributed by atoms with Crippen LogP contribution < -0.4 is 0 Å². The lowest BCUT2D eigenvalue weighted by atomic mass is 9.66. The lowest BCUT2D eigenvalue weighted by Crippen LogP contribution is -2.32. The summed E-state index contributed by atoms with van der Waals surface area (Å²) < 4.78 is 0. The van der Waals surface area contributed by atoms with Gasteiger partial charge < -0.3 is 0 Å². The molecule has 20 heavy (non-hydrogen) atoms. The monoisotopic (exact) mass is 264 g/mol. The van der Waals surface area contributed by atoms with Crippen LogP contribution >= 0.6 is 0 Å². The number of hydrogen-bond donors (Lipinski definition) is 0. The SMILES string of the molecule is c1ccc2c(c1)CC1(CCCCCC1)c1cncnc1-2. The Morgan fingerprint density at radius 2 is 1.75 bits per heavy atom. The van der Waals surface area contributed by atoms with Crippen LogP contribution in [0.15, 0.2) is 36.8 Å². The Morgan fingerprint density at radius 1 is 0.950 bits per heavy atom. The molecule has 4 rings (SSSR count). The minimum absolute atomic E-state index is 0.293. The smallest absolute Gasteiger partial charge is 0.116 e. The molecule has 102 valence electrons. The van der Waals surface area contributed by atoms with Gasteiger partial charge in [-0.1, -0.05) is 49.9 Å². The van der Waals surface area contributed by atoms with Gasteiger partial charge >= 0.3 is 0 Å². The first-order chi connectivity index (χ1) is 9.89. The highest BCUT2D eigenvalue weighted by molar-refractivity contribution is 5.71. The molecule has 0 radical (unpaired) electrons. The Morgan fingerprint density at radius 3 is 2.60 bits per heavy atom. The number of aromatic nitrogens is 2. The molecule has 1 fully saturated rings. The Hall–Kier alpha value is -1.70. The van der Waals surface area contributed by atoms with Crippen LogP contribution in [0.4, 0.5) is 0 Å². The molecule has 0 aliphatic heterocycles. The van der Waals surface area contributed by atoms with E-state index in [-0.39, 0.29) is 0 Å². The Kier molecular flexibility index (Phi) is 2.83. The zero-order valence-electron chi connectivity index (χ0n) is 11.8. The first-order valence-corrected chi connectivity index (χ1v) is 7.78. The molecule has 2 aromatic rings. The molecule has 1 aromatic heterocycles. The summed E-state index contributed by atoms with van der Waals surface area (Å²) in [5.74, 6) is 0. The Labute approximate surface area is 120 Å². The second kappa shape index (κ2) is 4.69. The van der Waals surface area contributed by atoms with Gasteiger partial charge in [-0.2, -0.15) is 0 Å². The third kappa shape index (κ3) is 1.78. The average molecular weight is 264 g/mol. The van der Waals surface area contributed by atoms with Crippen molar-refractivity contribution in [2.24, 2.45) is 0 Å². The highest BCUT2D eigenvalue weighted by Crippen LogP contribution is 2.48. The molecule has 0 unspecified atom stereocenters. The van der Waals surface area contributed by atoms with Gasteiger partial charge in [-0.05, 0) is 24.8 Å².